The number of carbonyl (C=O) groups is 1. The summed E-state index contributed by atoms with van der Waals surface area (Å²) in [5, 5.41) is 3.00. The molecule has 0 saturated carbocycles. The van der Waals surface area contributed by atoms with Crippen molar-refractivity contribution in [3.8, 4) is 5.00 Å². The van der Waals surface area contributed by atoms with E-state index in [9.17, 15) is 4.79 Å². The fraction of sp³-hybridized carbons (Fsp3) is 0.391. The molecule has 0 bridgehead atoms. The van der Waals surface area contributed by atoms with Crippen molar-refractivity contribution in [2.24, 2.45) is 0 Å². The highest BCUT2D eigenvalue weighted by molar-refractivity contribution is 7.12. The van der Waals surface area contributed by atoms with E-state index in [0.29, 0.717) is 19.0 Å². The number of morpholine rings is 1. The van der Waals surface area contributed by atoms with Crippen molar-refractivity contribution in [1.82, 2.24) is 14.5 Å². The van der Waals surface area contributed by atoms with E-state index in [4.69, 9.17) is 4.74 Å². The molecule has 0 N–H and O–H groups in total. The highest BCUT2D eigenvalue weighted by atomic mass is 32.1. The number of ketones is 1. The Morgan fingerprint density at radius 1 is 1.14 bits per heavy atom. The van der Waals surface area contributed by atoms with Crippen LogP contribution in [0.25, 0.3) is 5.00 Å². The van der Waals surface area contributed by atoms with Crippen LogP contribution in [0.15, 0.2) is 54.2 Å². The maximum atomic E-state index is 13.7. The van der Waals surface area contributed by atoms with E-state index < -0.39 is 0 Å². The number of thiophene rings is 1. The van der Waals surface area contributed by atoms with E-state index in [1.54, 1.807) is 17.5 Å². The minimum Gasteiger partial charge on any atom is -0.379 e. The lowest BCUT2D eigenvalue weighted by atomic mass is 9.86. The molecule has 6 heteroatoms. The first-order chi connectivity index (χ1) is 13.9. The highest BCUT2D eigenvalue weighted by Gasteiger charge is 2.32. The third-order valence-corrected chi connectivity index (χ3v) is 6.22. The molecule has 3 heterocycles. The van der Waals surface area contributed by atoms with Crippen molar-refractivity contribution in [1.29, 1.82) is 0 Å². The molecule has 152 valence electrons. The summed E-state index contributed by atoms with van der Waals surface area (Å²) < 4.78 is 7.42. The third kappa shape index (κ3) is 4.20. The maximum absolute atomic E-state index is 13.7. The average Bonchev–Trinajstić information content (AvgIpc) is 3.40. The van der Waals surface area contributed by atoms with Crippen LogP contribution in [0.4, 0.5) is 0 Å². The van der Waals surface area contributed by atoms with E-state index in [0.717, 1.165) is 23.7 Å². The van der Waals surface area contributed by atoms with Gasteiger partial charge in [-0.1, -0.05) is 45.0 Å². The van der Waals surface area contributed by atoms with Gasteiger partial charge < -0.3 is 4.74 Å². The molecule has 3 aromatic rings. The second kappa shape index (κ2) is 8.22. The minimum atomic E-state index is -0.367. The van der Waals surface area contributed by atoms with Gasteiger partial charge in [0.05, 0.1) is 13.2 Å². The first kappa shape index (κ1) is 20.0. The van der Waals surface area contributed by atoms with Gasteiger partial charge in [-0.3, -0.25) is 14.3 Å². The van der Waals surface area contributed by atoms with Crippen LogP contribution in [-0.4, -0.2) is 46.5 Å². The second-order valence-electron chi connectivity index (χ2n) is 8.36. The molecule has 1 aromatic carbocycles. The van der Waals surface area contributed by atoms with Gasteiger partial charge in [-0.2, -0.15) is 0 Å². The quantitative estimate of drug-likeness (QED) is 0.583. The first-order valence-corrected chi connectivity index (χ1v) is 10.9. The molecule has 0 spiro atoms. The Balaban J connectivity index is 1.72. The molecule has 0 amide bonds. The number of carbonyl (C=O) groups excluding carboxylic acids is 1. The number of hydrogen-bond acceptors (Lipinski definition) is 5. The molecule has 1 atom stereocenters. The monoisotopic (exact) mass is 409 g/mol. The minimum absolute atomic E-state index is 0.0220. The van der Waals surface area contributed by atoms with Gasteiger partial charge >= 0.3 is 0 Å². The second-order valence-corrected chi connectivity index (χ2v) is 9.29. The van der Waals surface area contributed by atoms with E-state index in [-0.39, 0.29) is 17.2 Å². The van der Waals surface area contributed by atoms with E-state index in [1.807, 2.05) is 28.3 Å². The molecule has 1 aliphatic heterocycles. The van der Waals surface area contributed by atoms with Crippen molar-refractivity contribution in [3.05, 3.63) is 71.1 Å². The van der Waals surface area contributed by atoms with Crippen molar-refractivity contribution < 1.29 is 9.53 Å². The Labute approximate surface area is 176 Å². The molecule has 2 aromatic heterocycles. The summed E-state index contributed by atoms with van der Waals surface area (Å²) in [4.78, 5) is 20.4. The van der Waals surface area contributed by atoms with Crippen LogP contribution >= 0.6 is 11.3 Å². The van der Waals surface area contributed by atoms with Gasteiger partial charge in [0.25, 0.3) is 0 Å². The Bertz CT molecular complexity index is 949. The summed E-state index contributed by atoms with van der Waals surface area (Å²) in [5.74, 6) is 0.498. The van der Waals surface area contributed by atoms with Crippen molar-refractivity contribution in [2.75, 3.05) is 26.3 Å². The molecular formula is C23H27N3O2S. The zero-order valence-corrected chi connectivity index (χ0v) is 18.0. The van der Waals surface area contributed by atoms with Crippen LogP contribution in [0, 0.1) is 0 Å². The van der Waals surface area contributed by atoms with Crippen LogP contribution in [0.2, 0.25) is 0 Å². The number of nitrogens with zero attached hydrogens (tertiary/aromatic N) is 3. The number of benzene rings is 1. The fourth-order valence-corrected chi connectivity index (χ4v) is 4.44. The van der Waals surface area contributed by atoms with Gasteiger partial charge in [0, 0.05) is 25.5 Å². The Morgan fingerprint density at radius 3 is 2.48 bits per heavy atom. The van der Waals surface area contributed by atoms with Gasteiger partial charge in [0.2, 0.25) is 5.78 Å². The summed E-state index contributed by atoms with van der Waals surface area (Å²) in [6.07, 6.45) is 3.56. The molecule has 0 radical (unpaired) electrons. The molecule has 1 fully saturated rings. The Kier molecular flexibility index (Phi) is 5.67. The molecule has 0 aliphatic carbocycles. The summed E-state index contributed by atoms with van der Waals surface area (Å²) >= 11 is 1.60. The zero-order chi connectivity index (χ0) is 20.4. The van der Waals surface area contributed by atoms with E-state index in [1.165, 1.54) is 5.56 Å². The molecule has 1 saturated heterocycles. The van der Waals surface area contributed by atoms with E-state index >= 15 is 0 Å². The predicted molar refractivity (Wildman–Crippen MR) is 116 cm³/mol. The number of imidazole rings is 1. The van der Waals surface area contributed by atoms with Crippen LogP contribution in [0.5, 0.6) is 0 Å². The Morgan fingerprint density at radius 2 is 1.86 bits per heavy atom. The zero-order valence-electron chi connectivity index (χ0n) is 17.2. The third-order valence-electron chi connectivity index (χ3n) is 5.36. The van der Waals surface area contributed by atoms with Crippen LogP contribution in [0.1, 0.15) is 48.6 Å². The standard InChI is InChI=1S/C23H27N3O2S/c1-23(2,3)18-8-6-17(7-9-18)20(25-12-14-28-15-13-25)21(27)22-24-10-11-26(22)19-5-4-16-29-19/h4-11,16,20H,12-15H2,1-3H3/t20-/m0/s1. The van der Waals surface area contributed by atoms with Gasteiger partial charge in [0.15, 0.2) is 5.82 Å². The lowest BCUT2D eigenvalue weighted by Gasteiger charge is -2.34. The van der Waals surface area contributed by atoms with Crippen LogP contribution < -0.4 is 0 Å². The van der Waals surface area contributed by atoms with Gasteiger partial charge in [-0.05, 0) is 34.1 Å². The molecular weight excluding hydrogens is 382 g/mol. The SMILES string of the molecule is CC(C)(C)c1ccc([C@@H](C(=O)c2nccn2-c2cccs2)N2CCOCC2)cc1. The van der Waals surface area contributed by atoms with Crippen LogP contribution in [0.3, 0.4) is 0 Å². The summed E-state index contributed by atoms with van der Waals surface area (Å²) in [6, 6.07) is 12.1. The lowest BCUT2D eigenvalue weighted by molar-refractivity contribution is 0.0168. The fourth-order valence-electron chi connectivity index (χ4n) is 3.72. The maximum Gasteiger partial charge on any atom is 0.220 e. The summed E-state index contributed by atoms with van der Waals surface area (Å²) in [5.41, 5.74) is 2.34. The number of ether oxygens (including phenoxy) is 1. The smallest absolute Gasteiger partial charge is 0.220 e. The van der Waals surface area contributed by atoms with Crippen molar-refractivity contribution in [3.63, 3.8) is 0 Å². The van der Waals surface area contributed by atoms with E-state index in [2.05, 4.69) is 54.9 Å². The predicted octanol–water partition coefficient (Wildman–Crippen LogP) is 4.49. The molecule has 4 rings (SSSR count). The van der Waals surface area contributed by atoms with Crippen molar-refractivity contribution in [2.45, 2.75) is 32.2 Å². The van der Waals surface area contributed by atoms with Gasteiger partial charge in [-0.25, -0.2) is 4.98 Å². The summed E-state index contributed by atoms with van der Waals surface area (Å²) in [6.45, 7) is 9.35. The molecule has 0 unspecified atom stereocenters. The first-order valence-electron chi connectivity index (χ1n) is 9.99. The number of Topliss-reactive ketones (excluding diaryl/α,β-unsaturated/α-hetero) is 1. The molecule has 1 aliphatic rings. The molecule has 29 heavy (non-hydrogen) atoms. The van der Waals surface area contributed by atoms with Crippen molar-refractivity contribution >= 4 is 17.1 Å². The normalized spacial score (nSPS) is 16.7. The van der Waals surface area contributed by atoms with Gasteiger partial charge in [0.1, 0.15) is 11.0 Å². The number of rotatable bonds is 5. The Hall–Kier alpha value is -2.28. The van der Waals surface area contributed by atoms with Crippen LogP contribution in [-0.2, 0) is 10.2 Å². The van der Waals surface area contributed by atoms with Gasteiger partial charge in [-0.15, -0.1) is 11.3 Å². The summed E-state index contributed by atoms with van der Waals surface area (Å²) in [7, 11) is 0. The number of hydrogen-bond donors (Lipinski definition) is 0. The molecule has 5 nitrogen and oxygen atoms in total. The largest absolute Gasteiger partial charge is 0.379 e. The average molecular weight is 410 g/mol. The lowest BCUT2D eigenvalue weighted by Crippen LogP contribution is -2.42. The topological polar surface area (TPSA) is 47.4 Å². The highest BCUT2D eigenvalue weighted by Crippen LogP contribution is 2.30. The number of aromatic nitrogens is 2.